The topological polar surface area (TPSA) is 50.8 Å². The van der Waals surface area contributed by atoms with Gasteiger partial charge in [0, 0.05) is 25.7 Å². The molecule has 3 aromatic carbocycles. The molecule has 1 fully saturated rings. The summed E-state index contributed by atoms with van der Waals surface area (Å²) < 4.78 is 10.9. The van der Waals surface area contributed by atoms with Crippen LogP contribution in [0.4, 0.5) is 0 Å². The zero-order chi connectivity index (χ0) is 22.2. The van der Waals surface area contributed by atoms with Crippen LogP contribution in [0.3, 0.4) is 0 Å². The van der Waals surface area contributed by atoms with Gasteiger partial charge >= 0.3 is 0 Å². The van der Waals surface area contributed by atoms with E-state index in [1.807, 2.05) is 54.6 Å². The van der Waals surface area contributed by atoms with E-state index in [0.717, 1.165) is 49.4 Å². The van der Waals surface area contributed by atoms with Gasteiger partial charge in [-0.2, -0.15) is 0 Å². The molecule has 0 radical (unpaired) electrons. The molecule has 1 amide bonds. The van der Waals surface area contributed by atoms with Crippen LogP contribution in [0.5, 0.6) is 11.5 Å². The quantitative estimate of drug-likeness (QED) is 0.571. The van der Waals surface area contributed by atoms with Gasteiger partial charge in [-0.1, -0.05) is 54.6 Å². The highest BCUT2D eigenvalue weighted by molar-refractivity contribution is 5.77. The second-order valence-electron chi connectivity index (χ2n) is 8.15. The Morgan fingerprint density at radius 2 is 1.50 bits per heavy atom. The summed E-state index contributed by atoms with van der Waals surface area (Å²) in [6.07, 6.45) is 1.90. The number of likely N-dealkylation sites (tertiary alicyclic amines) is 1. The highest BCUT2D eigenvalue weighted by Crippen LogP contribution is 2.22. The number of methoxy groups -OCH3 is 1. The largest absolute Gasteiger partial charge is 0.497 e. The van der Waals surface area contributed by atoms with Gasteiger partial charge in [0.1, 0.15) is 11.5 Å². The minimum absolute atomic E-state index is 0.0384. The number of ether oxygens (including phenoxy) is 2. The van der Waals surface area contributed by atoms with Gasteiger partial charge in [0.15, 0.2) is 6.61 Å². The second kappa shape index (κ2) is 10.8. The molecule has 166 valence electrons. The van der Waals surface area contributed by atoms with Crippen molar-refractivity contribution in [3.05, 3.63) is 84.4 Å². The number of nitrogens with one attached hydrogen (secondary N) is 1. The van der Waals surface area contributed by atoms with Crippen molar-refractivity contribution in [2.45, 2.75) is 25.4 Å². The van der Waals surface area contributed by atoms with Crippen molar-refractivity contribution in [2.24, 2.45) is 0 Å². The minimum Gasteiger partial charge on any atom is -0.497 e. The average molecular weight is 431 g/mol. The van der Waals surface area contributed by atoms with Gasteiger partial charge in [0.2, 0.25) is 0 Å². The molecule has 0 spiro atoms. The zero-order valence-electron chi connectivity index (χ0n) is 18.5. The molecular formula is C27H30N2O3. The number of carbonyl (C=O) groups is 1. The third kappa shape index (κ3) is 6.11. The van der Waals surface area contributed by atoms with Crippen molar-refractivity contribution < 1.29 is 14.3 Å². The fraction of sp³-hybridized carbons (Fsp3) is 0.296. The number of amides is 1. The molecule has 1 N–H and O–H groups in total. The molecule has 0 aliphatic carbocycles. The average Bonchev–Trinajstić information content (AvgIpc) is 2.85. The monoisotopic (exact) mass is 430 g/mol. The Kier molecular flexibility index (Phi) is 7.41. The van der Waals surface area contributed by atoms with E-state index in [4.69, 9.17) is 9.47 Å². The fourth-order valence-corrected chi connectivity index (χ4v) is 4.02. The number of hydrogen-bond acceptors (Lipinski definition) is 4. The normalized spacial score (nSPS) is 14.7. The maximum Gasteiger partial charge on any atom is 0.258 e. The molecule has 1 aliphatic heterocycles. The van der Waals surface area contributed by atoms with Crippen LogP contribution in [-0.2, 0) is 11.3 Å². The molecule has 5 heteroatoms. The molecule has 1 heterocycles. The van der Waals surface area contributed by atoms with Crippen LogP contribution >= 0.6 is 0 Å². The predicted octanol–water partition coefficient (Wildman–Crippen LogP) is 4.52. The molecule has 3 aromatic rings. The third-order valence-electron chi connectivity index (χ3n) is 5.85. The Morgan fingerprint density at radius 1 is 0.875 bits per heavy atom. The first-order valence-corrected chi connectivity index (χ1v) is 11.1. The van der Waals surface area contributed by atoms with Crippen molar-refractivity contribution in [2.75, 3.05) is 26.8 Å². The predicted molar refractivity (Wildman–Crippen MR) is 127 cm³/mol. The first kappa shape index (κ1) is 21.9. The Morgan fingerprint density at radius 3 is 2.16 bits per heavy atom. The molecule has 1 aliphatic rings. The van der Waals surface area contributed by atoms with E-state index in [9.17, 15) is 4.79 Å². The molecule has 0 atom stereocenters. The van der Waals surface area contributed by atoms with E-state index >= 15 is 0 Å². The van der Waals surface area contributed by atoms with Crippen LogP contribution in [0.2, 0.25) is 0 Å². The summed E-state index contributed by atoms with van der Waals surface area (Å²) in [5, 5.41) is 3.12. The van der Waals surface area contributed by atoms with Gasteiger partial charge in [-0.05, 0) is 53.8 Å². The lowest BCUT2D eigenvalue weighted by atomic mass is 10.0. The van der Waals surface area contributed by atoms with Gasteiger partial charge in [-0.3, -0.25) is 9.69 Å². The Bertz CT molecular complexity index is 980. The summed E-state index contributed by atoms with van der Waals surface area (Å²) in [7, 11) is 1.68. The molecule has 1 saturated heterocycles. The van der Waals surface area contributed by atoms with Crippen LogP contribution in [0.15, 0.2) is 78.9 Å². The summed E-state index contributed by atoms with van der Waals surface area (Å²) >= 11 is 0. The number of hydrogen-bond donors (Lipinski definition) is 1. The van der Waals surface area contributed by atoms with E-state index in [0.29, 0.717) is 5.75 Å². The first-order chi connectivity index (χ1) is 15.7. The lowest BCUT2D eigenvalue weighted by molar-refractivity contribution is -0.124. The van der Waals surface area contributed by atoms with Crippen molar-refractivity contribution in [1.29, 1.82) is 0 Å². The summed E-state index contributed by atoms with van der Waals surface area (Å²) in [4.78, 5) is 14.8. The van der Waals surface area contributed by atoms with E-state index < -0.39 is 0 Å². The maximum absolute atomic E-state index is 12.3. The maximum atomic E-state index is 12.3. The molecular weight excluding hydrogens is 400 g/mol. The smallest absolute Gasteiger partial charge is 0.258 e. The van der Waals surface area contributed by atoms with E-state index in [2.05, 4.69) is 34.5 Å². The summed E-state index contributed by atoms with van der Waals surface area (Å²) in [5.74, 6) is 1.52. The Hall–Kier alpha value is -3.31. The summed E-state index contributed by atoms with van der Waals surface area (Å²) in [6.45, 7) is 2.90. The fourth-order valence-electron chi connectivity index (χ4n) is 4.02. The third-order valence-corrected chi connectivity index (χ3v) is 5.85. The van der Waals surface area contributed by atoms with Gasteiger partial charge in [0.05, 0.1) is 7.11 Å². The van der Waals surface area contributed by atoms with Crippen LogP contribution in [0.1, 0.15) is 18.4 Å². The summed E-state index contributed by atoms with van der Waals surface area (Å²) in [5.41, 5.74) is 3.57. The number of nitrogens with zero attached hydrogens (tertiary/aromatic N) is 1. The molecule has 0 unspecified atom stereocenters. The SMILES string of the molecule is COc1ccc(CN2CCC(NC(=O)COc3ccc(-c4ccccc4)cc3)CC2)cc1. The van der Waals surface area contributed by atoms with Crippen LogP contribution in [0, 0.1) is 0 Å². The van der Waals surface area contributed by atoms with E-state index in [-0.39, 0.29) is 18.6 Å². The van der Waals surface area contributed by atoms with Gasteiger partial charge in [-0.25, -0.2) is 0 Å². The van der Waals surface area contributed by atoms with Gasteiger partial charge < -0.3 is 14.8 Å². The molecule has 4 rings (SSSR count). The number of rotatable bonds is 8. The number of carbonyl (C=O) groups excluding carboxylic acids is 1. The van der Waals surface area contributed by atoms with Crippen molar-refractivity contribution in [3.63, 3.8) is 0 Å². The zero-order valence-corrected chi connectivity index (χ0v) is 18.5. The summed E-state index contributed by atoms with van der Waals surface area (Å²) in [6, 6.07) is 26.5. The van der Waals surface area contributed by atoms with Crippen molar-refractivity contribution in [1.82, 2.24) is 10.2 Å². The van der Waals surface area contributed by atoms with E-state index in [1.165, 1.54) is 5.56 Å². The molecule has 5 nitrogen and oxygen atoms in total. The second-order valence-corrected chi connectivity index (χ2v) is 8.15. The number of piperidine rings is 1. The molecule has 0 aromatic heterocycles. The minimum atomic E-state index is -0.0641. The molecule has 0 bridgehead atoms. The van der Waals surface area contributed by atoms with Crippen molar-refractivity contribution >= 4 is 5.91 Å². The Labute approximate surface area is 190 Å². The first-order valence-electron chi connectivity index (χ1n) is 11.1. The molecule has 32 heavy (non-hydrogen) atoms. The van der Waals surface area contributed by atoms with Crippen molar-refractivity contribution in [3.8, 4) is 22.6 Å². The number of benzene rings is 3. The highest BCUT2D eigenvalue weighted by atomic mass is 16.5. The lowest BCUT2D eigenvalue weighted by Crippen LogP contribution is -2.45. The highest BCUT2D eigenvalue weighted by Gasteiger charge is 2.21. The van der Waals surface area contributed by atoms with Crippen LogP contribution in [-0.4, -0.2) is 43.7 Å². The van der Waals surface area contributed by atoms with Gasteiger partial charge in [0.25, 0.3) is 5.91 Å². The standard InChI is InChI=1S/C27H30N2O3/c1-31-25-11-7-21(8-12-25)19-29-17-15-24(16-18-29)28-27(30)20-32-26-13-9-23(10-14-26)22-5-3-2-4-6-22/h2-14,24H,15-20H2,1H3,(H,28,30). The molecule has 0 saturated carbocycles. The lowest BCUT2D eigenvalue weighted by Gasteiger charge is -2.32. The van der Waals surface area contributed by atoms with E-state index in [1.54, 1.807) is 7.11 Å². The van der Waals surface area contributed by atoms with Gasteiger partial charge in [-0.15, -0.1) is 0 Å². The van der Waals surface area contributed by atoms with Crippen LogP contribution in [0.25, 0.3) is 11.1 Å². The van der Waals surface area contributed by atoms with Crippen LogP contribution < -0.4 is 14.8 Å². The Balaban J connectivity index is 1.17.